The molecule has 2 rings (SSSR count). The Morgan fingerprint density at radius 3 is 1.38 bits per heavy atom. The Labute approximate surface area is 139 Å². The maximum atomic E-state index is 9.55. The van der Waals surface area contributed by atoms with Gasteiger partial charge in [-0.2, -0.15) is 0 Å². The predicted molar refractivity (Wildman–Crippen MR) is 87.0 cm³/mol. The van der Waals surface area contributed by atoms with Gasteiger partial charge in [-0.1, -0.05) is 0 Å². The molecule has 8 heteroatoms. The van der Waals surface area contributed by atoms with Crippen molar-refractivity contribution in [3.05, 3.63) is 60.5 Å². The Hall–Kier alpha value is -2.84. The molecule has 132 valence electrons. The predicted octanol–water partition coefficient (Wildman–Crippen LogP) is 2.31. The molecule has 0 saturated carbocycles. The molecule has 24 heavy (non-hydrogen) atoms. The van der Waals surface area contributed by atoms with Gasteiger partial charge >= 0.3 is 11.9 Å². The fourth-order valence-electron chi connectivity index (χ4n) is 1.24. The smallest absolute Gasteiger partial charge is 0.328 e. The number of hydrogen-bond donors (Lipinski definition) is 4. The van der Waals surface area contributed by atoms with E-state index in [1.165, 1.54) is 0 Å². The van der Waals surface area contributed by atoms with Gasteiger partial charge in [0.15, 0.2) is 0 Å². The minimum absolute atomic E-state index is 0.0185. The third-order valence-corrected chi connectivity index (χ3v) is 2.35. The van der Waals surface area contributed by atoms with Crippen LogP contribution in [0.5, 0.6) is 0 Å². The summed E-state index contributed by atoms with van der Waals surface area (Å²) in [6.07, 6.45) is 4.36. The summed E-state index contributed by atoms with van der Waals surface area (Å²) in [6.45, 7) is 3.78. The van der Waals surface area contributed by atoms with E-state index in [2.05, 4.69) is 0 Å². The molecule has 2 heterocycles. The summed E-state index contributed by atoms with van der Waals surface area (Å²) in [7, 11) is 0. The van der Waals surface area contributed by atoms with Gasteiger partial charge in [-0.25, -0.2) is 9.59 Å². The van der Waals surface area contributed by atoms with Crippen molar-refractivity contribution in [1.82, 2.24) is 0 Å². The minimum Gasteiger partial charge on any atom is -0.478 e. The SMILES string of the molecule is CC(N)c1ccco1.CC(N)c1ccco1.O=C(O)/C=C\C(=O)O. The van der Waals surface area contributed by atoms with Crippen LogP contribution in [0.25, 0.3) is 0 Å². The van der Waals surface area contributed by atoms with E-state index < -0.39 is 11.9 Å². The van der Waals surface area contributed by atoms with Crippen molar-refractivity contribution in [3.8, 4) is 0 Å². The van der Waals surface area contributed by atoms with E-state index in [9.17, 15) is 9.59 Å². The Morgan fingerprint density at radius 1 is 0.917 bits per heavy atom. The number of hydrogen-bond acceptors (Lipinski definition) is 6. The maximum absolute atomic E-state index is 9.55. The number of aliphatic carboxylic acids is 2. The van der Waals surface area contributed by atoms with Gasteiger partial charge in [-0.05, 0) is 38.1 Å². The van der Waals surface area contributed by atoms with Crippen molar-refractivity contribution >= 4 is 11.9 Å². The summed E-state index contributed by atoms with van der Waals surface area (Å²) in [5.74, 6) is -0.838. The highest BCUT2D eigenvalue weighted by molar-refractivity contribution is 5.89. The molecular formula is C16H22N2O6. The largest absolute Gasteiger partial charge is 0.478 e. The quantitative estimate of drug-likeness (QED) is 0.619. The fraction of sp³-hybridized carbons (Fsp3) is 0.250. The molecule has 2 atom stereocenters. The van der Waals surface area contributed by atoms with Gasteiger partial charge in [-0.3, -0.25) is 0 Å². The first-order valence-corrected chi connectivity index (χ1v) is 6.96. The third kappa shape index (κ3) is 10.8. The van der Waals surface area contributed by atoms with Crippen molar-refractivity contribution in [2.45, 2.75) is 25.9 Å². The molecule has 2 aromatic heterocycles. The van der Waals surface area contributed by atoms with Gasteiger partial charge in [0, 0.05) is 12.2 Å². The fourth-order valence-corrected chi connectivity index (χ4v) is 1.24. The molecule has 8 nitrogen and oxygen atoms in total. The van der Waals surface area contributed by atoms with Crippen LogP contribution in [0.2, 0.25) is 0 Å². The highest BCUT2D eigenvalue weighted by Gasteiger charge is 1.98. The lowest BCUT2D eigenvalue weighted by atomic mass is 10.3. The molecular weight excluding hydrogens is 316 g/mol. The van der Waals surface area contributed by atoms with Crippen LogP contribution in [0.4, 0.5) is 0 Å². The number of furan rings is 2. The number of rotatable bonds is 4. The van der Waals surface area contributed by atoms with Crippen LogP contribution in [0, 0.1) is 0 Å². The lowest BCUT2D eigenvalue weighted by molar-refractivity contribution is -0.134. The number of nitrogens with two attached hydrogens (primary N) is 2. The van der Waals surface area contributed by atoms with Gasteiger partial charge in [-0.15, -0.1) is 0 Å². The van der Waals surface area contributed by atoms with Crippen molar-refractivity contribution in [2.24, 2.45) is 11.5 Å². The molecule has 0 saturated heterocycles. The van der Waals surface area contributed by atoms with E-state index in [1.807, 2.05) is 38.1 Å². The van der Waals surface area contributed by atoms with Gasteiger partial charge in [0.25, 0.3) is 0 Å². The first-order chi connectivity index (χ1) is 11.2. The molecule has 0 spiro atoms. The molecule has 2 unspecified atom stereocenters. The number of carboxylic acids is 2. The standard InChI is InChI=1S/2C6H9NO.C4H4O4/c2*1-5(7)6-3-2-4-8-6;5-3(6)1-2-4(7)8/h2*2-5H,7H2,1H3;1-2H,(H,5,6)(H,7,8)/b;;2-1-. The van der Waals surface area contributed by atoms with Gasteiger partial charge in [0.1, 0.15) is 11.5 Å². The van der Waals surface area contributed by atoms with Crippen LogP contribution >= 0.6 is 0 Å². The zero-order valence-electron chi connectivity index (χ0n) is 13.5. The lowest BCUT2D eigenvalue weighted by Gasteiger charge is -1.95. The van der Waals surface area contributed by atoms with E-state index in [0.29, 0.717) is 12.2 Å². The summed E-state index contributed by atoms with van der Waals surface area (Å²) >= 11 is 0. The molecule has 0 aliphatic heterocycles. The zero-order chi connectivity index (χ0) is 18.5. The average Bonchev–Trinajstić information content (AvgIpc) is 3.19. The molecule has 0 fully saturated rings. The molecule has 0 aromatic carbocycles. The van der Waals surface area contributed by atoms with Crippen molar-refractivity contribution in [2.75, 3.05) is 0 Å². The Morgan fingerprint density at radius 2 is 1.25 bits per heavy atom. The summed E-state index contributed by atoms with van der Waals surface area (Å²) < 4.78 is 9.94. The molecule has 0 radical (unpaired) electrons. The topological polar surface area (TPSA) is 153 Å². The van der Waals surface area contributed by atoms with Crippen LogP contribution < -0.4 is 11.5 Å². The van der Waals surface area contributed by atoms with E-state index >= 15 is 0 Å². The summed E-state index contributed by atoms with van der Waals surface area (Å²) in [5.41, 5.74) is 10.9. The monoisotopic (exact) mass is 338 g/mol. The highest BCUT2D eigenvalue weighted by Crippen LogP contribution is 2.08. The van der Waals surface area contributed by atoms with E-state index in [-0.39, 0.29) is 12.1 Å². The van der Waals surface area contributed by atoms with E-state index in [1.54, 1.807) is 12.5 Å². The van der Waals surface area contributed by atoms with Crippen LogP contribution in [0.1, 0.15) is 37.5 Å². The molecule has 6 N–H and O–H groups in total. The Kier molecular flexibility index (Phi) is 10.3. The van der Waals surface area contributed by atoms with Crippen molar-refractivity contribution < 1.29 is 28.6 Å². The first kappa shape index (κ1) is 21.2. The van der Waals surface area contributed by atoms with Crippen LogP contribution in [-0.2, 0) is 9.59 Å². The Bertz CT molecular complexity index is 546. The zero-order valence-corrected chi connectivity index (χ0v) is 13.5. The molecule has 0 aliphatic rings. The molecule has 0 bridgehead atoms. The second-order valence-corrected chi connectivity index (χ2v) is 4.62. The van der Waals surface area contributed by atoms with Gasteiger partial charge < -0.3 is 30.5 Å². The van der Waals surface area contributed by atoms with Gasteiger partial charge in [0.05, 0.1) is 24.6 Å². The Balaban J connectivity index is 0.000000331. The second kappa shape index (κ2) is 11.7. The lowest BCUT2D eigenvalue weighted by Crippen LogP contribution is -2.02. The first-order valence-electron chi connectivity index (χ1n) is 6.96. The summed E-state index contributed by atoms with van der Waals surface area (Å²) in [4.78, 5) is 19.1. The van der Waals surface area contributed by atoms with Crippen LogP contribution in [0.3, 0.4) is 0 Å². The normalized spacial score (nSPS) is 12.3. The maximum Gasteiger partial charge on any atom is 0.328 e. The second-order valence-electron chi connectivity index (χ2n) is 4.62. The van der Waals surface area contributed by atoms with Crippen molar-refractivity contribution in [1.29, 1.82) is 0 Å². The molecule has 0 aliphatic carbocycles. The third-order valence-electron chi connectivity index (χ3n) is 2.35. The van der Waals surface area contributed by atoms with Crippen LogP contribution in [0.15, 0.2) is 57.8 Å². The number of carbonyl (C=O) groups is 2. The van der Waals surface area contributed by atoms with E-state index in [4.69, 9.17) is 30.5 Å². The average molecular weight is 338 g/mol. The highest BCUT2D eigenvalue weighted by atomic mass is 16.4. The summed E-state index contributed by atoms with van der Waals surface area (Å²) in [5, 5.41) is 15.6. The number of carboxylic acid groups (broad SMARTS) is 2. The summed E-state index contributed by atoms with van der Waals surface area (Å²) in [6, 6.07) is 7.43. The molecule has 2 aromatic rings. The van der Waals surface area contributed by atoms with Crippen LogP contribution in [-0.4, -0.2) is 22.2 Å². The van der Waals surface area contributed by atoms with Crippen molar-refractivity contribution in [3.63, 3.8) is 0 Å². The minimum atomic E-state index is -1.26. The van der Waals surface area contributed by atoms with E-state index in [0.717, 1.165) is 11.5 Å². The molecule has 0 amide bonds. The van der Waals surface area contributed by atoms with Gasteiger partial charge in [0.2, 0.25) is 0 Å².